The normalized spacial score (nSPS) is 10.3. The van der Waals surface area contributed by atoms with Crippen molar-refractivity contribution in [2.24, 2.45) is 0 Å². The third kappa shape index (κ3) is 3.31. The van der Waals surface area contributed by atoms with Crippen molar-refractivity contribution >= 4 is 23.2 Å². The molecule has 4 heteroatoms. The SMILES string of the molecule is Cc1cc(C(=O)N(C)Cc2cccc(Cl)c2)ccc1N. The molecular weight excluding hydrogens is 272 g/mol. The third-order valence-corrected chi connectivity index (χ3v) is 3.41. The van der Waals surface area contributed by atoms with Gasteiger partial charge in [-0.15, -0.1) is 0 Å². The molecule has 2 rings (SSSR count). The maximum atomic E-state index is 12.3. The van der Waals surface area contributed by atoms with Gasteiger partial charge < -0.3 is 10.6 Å². The van der Waals surface area contributed by atoms with Gasteiger partial charge in [-0.05, 0) is 48.4 Å². The van der Waals surface area contributed by atoms with Crippen LogP contribution in [0.3, 0.4) is 0 Å². The molecule has 0 spiro atoms. The van der Waals surface area contributed by atoms with Gasteiger partial charge in [-0.2, -0.15) is 0 Å². The van der Waals surface area contributed by atoms with Gasteiger partial charge in [0.1, 0.15) is 0 Å². The zero-order valence-corrected chi connectivity index (χ0v) is 12.3. The number of amides is 1. The van der Waals surface area contributed by atoms with Crippen LogP contribution < -0.4 is 5.73 Å². The number of nitrogen functional groups attached to an aromatic ring is 1. The van der Waals surface area contributed by atoms with Crippen molar-refractivity contribution in [1.82, 2.24) is 4.90 Å². The summed E-state index contributed by atoms with van der Waals surface area (Å²) >= 11 is 5.95. The Bertz CT molecular complexity index is 640. The number of anilines is 1. The van der Waals surface area contributed by atoms with E-state index in [4.69, 9.17) is 17.3 Å². The van der Waals surface area contributed by atoms with E-state index >= 15 is 0 Å². The van der Waals surface area contributed by atoms with E-state index in [1.807, 2.05) is 37.3 Å². The van der Waals surface area contributed by atoms with E-state index in [9.17, 15) is 4.79 Å². The summed E-state index contributed by atoms with van der Waals surface area (Å²) in [5, 5.41) is 0.673. The fourth-order valence-electron chi connectivity index (χ4n) is 2.01. The minimum Gasteiger partial charge on any atom is -0.399 e. The highest BCUT2D eigenvalue weighted by Gasteiger charge is 2.12. The van der Waals surface area contributed by atoms with Crippen LogP contribution in [0.2, 0.25) is 5.02 Å². The zero-order valence-electron chi connectivity index (χ0n) is 11.6. The average molecular weight is 289 g/mol. The molecule has 0 radical (unpaired) electrons. The van der Waals surface area contributed by atoms with Crippen LogP contribution in [0, 0.1) is 6.92 Å². The van der Waals surface area contributed by atoms with Crippen LogP contribution in [0.4, 0.5) is 5.69 Å². The van der Waals surface area contributed by atoms with Gasteiger partial charge in [0.05, 0.1) is 0 Å². The van der Waals surface area contributed by atoms with E-state index in [0.717, 1.165) is 11.1 Å². The molecule has 0 aliphatic heterocycles. The molecule has 0 bridgehead atoms. The monoisotopic (exact) mass is 288 g/mol. The molecule has 0 aromatic heterocycles. The van der Waals surface area contributed by atoms with Gasteiger partial charge in [0.25, 0.3) is 5.91 Å². The van der Waals surface area contributed by atoms with E-state index in [1.54, 1.807) is 24.1 Å². The summed E-state index contributed by atoms with van der Waals surface area (Å²) in [5.74, 6) is -0.0342. The predicted octanol–water partition coefficient (Wildman–Crippen LogP) is 3.50. The van der Waals surface area contributed by atoms with Gasteiger partial charge in [0, 0.05) is 29.9 Å². The number of nitrogens with two attached hydrogens (primary N) is 1. The van der Waals surface area contributed by atoms with Crippen molar-refractivity contribution in [2.75, 3.05) is 12.8 Å². The average Bonchev–Trinajstić information content (AvgIpc) is 2.41. The highest BCUT2D eigenvalue weighted by atomic mass is 35.5. The Balaban J connectivity index is 2.14. The number of carbonyl (C=O) groups is 1. The second-order valence-corrected chi connectivity index (χ2v) is 5.30. The van der Waals surface area contributed by atoms with Crippen LogP contribution in [0.25, 0.3) is 0 Å². The Kier molecular flexibility index (Phi) is 4.30. The first-order chi connectivity index (χ1) is 9.47. The van der Waals surface area contributed by atoms with Crippen molar-refractivity contribution in [2.45, 2.75) is 13.5 Å². The van der Waals surface area contributed by atoms with E-state index < -0.39 is 0 Å². The summed E-state index contributed by atoms with van der Waals surface area (Å²) in [4.78, 5) is 14.0. The summed E-state index contributed by atoms with van der Waals surface area (Å²) in [6.45, 7) is 2.41. The number of benzene rings is 2. The molecule has 2 N–H and O–H groups in total. The number of aryl methyl sites for hydroxylation is 1. The van der Waals surface area contributed by atoms with Gasteiger partial charge in [0.15, 0.2) is 0 Å². The second-order valence-electron chi connectivity index (χ2n) is 4.86. The van der Waals surface area contributed by atoms with Gasteiger partial charge in [-0.1, -0.05) is 23.7 Å². The third-order valence-electron chi connectivity index (χ3n) is 3.17. The first-order valence-electron chi connectivity index (χ1n) is 6.33. The minimum absolute atomic E-state index is 0.0342. The topological polar surface area (TPSA) is 46.3 Å². The molecule has 0 heterocycles. The van der Waals surface area contributed by atoms with Crippen LogP contribution in [-0.2, 0) is 6.54 Å². The fourth-order valence-corrected chi connectivity index (χ4v) is 2.22. The van der Waals surface area contributed by atoms with Crippen LogP contribution in [0.15, 0.2) is 42.5 Å². The minimum atomic E-state index is -0.0342. The van der Waals surface area contributed by atoms with Gasteiger partial charge in [-0.25, -0.2) is 0 Å². The Morgan fingerprint density at radius 3 is 2.65 bits per heavy atom. The number of rotatable bonds is 3. The van der Waals surface area contributed by atoms with Crippen molar-refractivity contribution in [1.29, 1.82) is 0 Å². The molecule has 2 aromatic carbocycles. The molecule has 0 saturated heterocycles. The zero-order chi connectivity index (χ0) is 14.7. The largest absolute Gasteiger partial charge is 0.399 e. The molecule has 2 aromatic rings. The Morgan fingerprint density at radius 2 is 2.00 bits per heavy atom. The first-order valence-corrected chi connectivity index (χ1v) is 6.71. The van der Waals surface area contributed by atoms with Crippen molar-refractivity contribution in [3.05, 3.63) is 64.2 Å². The van der Waals surface area contributed by atoms with Gasteiger partial charge in [0.2, 0.25) is 0 Å². The lowest BCUT2D eigenvalue weighted by atomic mass is 10.1. The molecule has 104 valence electrons. The van der Waals surface area contributed by atoms with E-state index in [1.165, 1.54) is 0 Å². The number of hydrogen-bond acceptors (Lipinski definition) is 2. The summed E-state index contributed by atoms with van der Waals surface area (Å²) in [6.07, 6.45) is 0. The molecule has 0 fully saturated rings. The quantitative estimate of drug-likeness (QED) is 0.879. The lowest BCUT2D eigenvalue weighted by Crippen LogP contribution is -2.26. The summed E-state index contributed by atoms with van der Waals surface area (Å²) in [7, 11) is 1.77. The van der Waals surface area contributed by atoms with Gasteiger partial charge >= 0.3 is 0 Å². The van der Waals surface area contributed by atoms with Crippen LogP contribution in [0.1, 0.15) is 21.5 Å². The summed E-state index contributed by atoms with van der Waals surface area (Å²) in [6, 6.07) is 12.8. The number of halogens is 1. The molecule has 20 heavy (non-hydrogen) atoms. The molecule has 0 saturated carbocycles. The van der Waals surface area contributed by atoms with E-state index in [-0.39, 0.29) is 5.91 Å². The Morgan fingerprint density at radius 1 is 1.25 bits per heavy atom. The fraction of sp³-hybridized carbons (Fsp3) is 0.188. The lowest BCUT2D eigenvalue weighted by molar-refractivity contribution is 0.0785. The summed E-state index contributed by atoms with van der Waals surface area (Å²) in [5.41, 5.74) is 9.01. The number of carbonyl (C=O) groups excluding carboxylic acids is 1. The highest BCUT2D eigenvalue weighted by Crippen LogP contribution is 2.16. The van der Waals surface area contributed by atoms with Gasteiger partial charge in [-0.3, -0.25) is 4.79 Å². The molecule has 1 amide bonds. The Hall–Kier alpha value is -2.00. The number of nitrogens with zero attached hydrogens (tertiary/aromatic N) is 1. The molecule has 0 unspecified atom stereocenters. The van der Waals surface area contributed by atoms with Crippen molar-refractivity contribution in [3.63, 3.8) is 0 Å². The molecule has 0 atom stereocenters. The number of hydrogen-bond donors (Lipinski definition) is 1. The smallest absolute Gasteiger partial charge is 0.253 e. The molecular formula is C16H17ClN2O. The van der Waals surface area contributed by atoms with Crippen LogP contribution in [-0.4, -0.2) is 17.9 Å². The second kappa shape index (κ2) is 5.97. The maximum absolute atomic E-state index is 12.3. The maximum Gasteiger partial charge on any atom is 0.253 e. The highest BCUT2D eigenvalue weighted by molar-refractivity contribution is 6.30. The van der Waals surface area contributed by atoms with E-state index in [2.05, 4.69) is 0 Å². The molecule has 0 aliphatic rings. The Labute approximate surface area is 124 Å². The molecule has 3 nitrogen and oxygen atoms in total. The van der Waals surface area contributed by atoms with Crippen LogP contribution >= 0.6 is 11.6 Å². The molecule has 0 aliphatic carbocycles. The van der Waals surface area contributed by atoms with Crippen LogP contribution in [0.5, 0.6) is 0 Å². The van der Waals surface area contributed by atoms with Crippen molar-refractivity contribution < 1.29 is 4.79 Å². The lowest BCUT2D eigenvalue weighted by Gasteiger charge is -2.18. The van der Waals surface area contributed by atoms with Crippen molar-refractivity contribution in [3.8, 4) is 0 Å². The van der Waals surface area contributed by atoms with E-state index in [0.29, 0.717) is 22.8 Å². The predicted molar refractivity (Wildman–Crippen MR) is 82.8 cm³/mol. The standard InChI is InChI=1S/C16H17ClN2O/c1-11-8-13(6-7-15(11)18)16(20)19(2)10-12-4-3-5-14(17)9-12/h3-9H,10,18H2,1-2H3. The first kappa shape index (κ1) is 14.4. The summed E-state index contributed by atoms with van der Waals surface area (Å²) < 4.78 is 0.